The SMILES string of the molecule is CNS(=O)(=O)N(c1ccc2ccc3ncc(-c4cnn(C)c4)cc3c(=O)c2c1)[C@@H]1CCOC1. The molecule has 5 rings (SSSR count). The van der Waals surface area contributed by atoms with Crippen molar-refractivity contribution >= 4 is 37.6 Å². The van der Waals surface area contributed by atoms with Crippen molar-refractivity contribution in [2.45, 2.75) is 12.5 Å². The number of fused-ring (bicyclic) bond motifs is 2. The van der Waals surface area contributed by atoms with Gasteiger partial charge in [0.15, 0.2) is 5.43 Å². The summed E-state index contributed by atoms with van der Waals surface area (Å²) in [5, 5.41) is 5.77. The molecule has 4 aromatic rings. The molecule has 0 aliphatic carbocycles. The molecule has 33 heavy (non-hydrogen) atoms. The van der Waals surface area contributed by atoms with Gasteiger partial charge in [0.05, 0.1) is 30.0 Å². The van der Waals surface area contributed by atoms with E-state index in [1.54, 1.807) is 47.4 Å². The number of pyridine rings is 1. The second-order valence-electron chi connectivity index (χ2n) is 8.02. The molecule has 9 nitrogen and oxygen atoms in total. The Bertz CT molecular complexity index is 1530. The minimum atomic E-state index is -3.80. The minimum Gasteiger partial charge on any atom is -0.379 e. The summed E-state index contributed by atoms with van der Waals surface area (Å²) in [6.07, 6.45) is 5.87. The first-order valence-corrected chi connectivity index (χ1v) is 12.0. The minimum absolute atomic E-state index is 0.213. The van der Waals surface area contributed by atoms with Crippen molar-refractivity contribution < 1.29 is 13.2 Å². The van der Waals surface area contributed by atoms with Crippen LogP contribution in [0.1, 0.15) is 6.42 Å². The van der Waals surface area contributed by atoms with Gasteiger partial charge in [-0.25, -0.2) is 4.72 Å². The number of aryl methyl sites for hydroxylation is 1. The molecule has 0 amide bonds. The Balaban J connectivity index is 1.73. The van der Waals surface area contributed by atoms with Crippen LogP contribution in [0, 0.1) is 0 Å². The lowest BCUT2D eigenvalue weighted by molar-refractivity contribution is 0.194. The quantitative estimate of drug-likeness (QED) is 0.484. The summed E-state index contributed by atoms with van der Waals surface area (Å²) in [4.78, 5) is 18.1. The van der Waals surface area contributed by atoms with Gasteiger partial charge in [0.25, 0.3) is 0 Å². The van der Waals surface area contributed by atoms with E-state index in [1.807, 2.05) is 19.3 Å². The Kier molecular flexibility index (Phi) is 5.35. The highest BCUT2D eigenvalue weighted by molar-refractivity contribution is 7.90. The van der Waals surface area contributed by atoms with Crippen LogP contribution in [0.25, 0.3) is 32.8 Å². The van der Waals surface area contributed by atoms with Gasteiger partial charge in [0.1, 0.15) is 0 Å². The van der Waals surface area contributed by atoms with Crippen LogP contribution in [-0.2, 0) is 22.0 Å². The van der Waals surface area contributed by atoms with Gasteiger partial charge < -0.3 is 4.74 Å². The number of anilines is 1. The van der Waals surface area contributed by atoms with E-state index in [1.165, 1.54) is 11.4 Å². The summed E-state index contributed by atoms with van der Waals surface area (Å²) in [5.74, 6) is 0. The molecule has 1 N–H and O–H groups in total. The second-order valence-corrected chi connectivity index (χ2v) is 9.77. The lowest BCUT2D eigenvalue weighted by Gasteiger charge is -2.28. The summed E-state index contributed by atoms with van der Waals surface area (Å²) < 4.78 is 36.5. The molecule has 3 heterocycles. The highest BCUT2D eigenvalue weighted by atomic mass is 32.2. The van der Waals surface area contributed by atoms with E-state index in [0.717, 1.165) is 11.1 Å². The maximum absolute atomic E-state index is 13.6. The van der Waals surface area contributed by atoms with Crippen molar-refractivity contribution in [3.05, 3.63) is 65.2 Å². The molecule has 1 fully saturated rings. The van der Waals surface area contributed by atoms with Crippen LogP contribution in [0.2, 0.25) is 0 Å². The number of hydrogen-bond acceptors (Lipinski definition) is 6. The van der Waals surface area contributed by atoms with E-state index in [9.17, 15) is 13.2 Å². The Morgan fingerprint density at radius 1 is 1.12 bits per heavy atom. The molecule has 10 heteroatoms. The van der Waals surface area contributed by atoms with Gasteiger partial charge in [-0.15, -0.1) is 0 Å². The largest absolute Gasteiger partial charge is 0.379 e. The lowest BCUT2D eigenvalue weighted by atomic mass is 10.1. The maximum atomic E-state index is 13.6. The molecule has 2 aromatic heterocycles. The molecule has 0 saturated carbocycles. The number of benzene rings is 1. The van der Waals surface area contributed by atoms with Gasteiger partial charge in [-0.1, -0.05) is 12.1 Å². The van der Waals surface area contributed by atoms with Crippen LogP contribution in [0.15, 0.2) is 59.8 Å². The predicted octanol–water partition coefficient (Wildman–Crippen LogP) is 2.21. The highest BCUT2D eigenvalue weighted by Crippen LogP contribution is 2.28. The third-order valence-electron chi connectivity index (χ3n) is 5.91. The van der Waals surface area contributed by atoms with Crippen molar-refractivity contribution in [2.75, 3.05) is 24.6 Å². The van der Waals surface area contributed by atoms with Crippen molar-refractivity contribution in [3.63, 3.8) is 0 Å². The average Bonchev–Trinajstić information content (AvgIpc) is 3.47. The van der Waals surface area contributed by atoms with E-state index in [2.05, 4.69) is 14.8 Å². The molecular formula is C23H23N5O4S. The molecule has 1 aliphatic heterocycles. The fraction of sp³-hybridized carbons (Fsp3) is 0.261. The topological polar surface area (TPSA) is 106 Å². The zero-order valence-electron chi connectivity index (χ0n) is 18.2. The number of rotatable bonds is 5. The molecular weight excluding hydrogens is 442 g/mol. The van der Waals surface area contributed by atoms with E-state index in [0.29, 0.717) is 47.0 Å². The zero-order chi connectivity index (χ0) is 23.2. The summed E-state index contributed by atoms with van der Waals surface area (Å²) in [6.45, 7) is 0.788. The molecule has 1 saturated heterocycles. The van der Waals surface area contributed by atoms with E-state index in [4.69, 9.17) is 4.74 Å². The van der Waals surface area contributed by atoms with Crippen molar-refractivity contribution in [2.24, 2.45) is 7.05 Å². The van der Waals surface area contributed by atoms with Crippen molar-refractivity contribution in [1.82, 2.24) is 19.5 Å². The Morgan fingerprint density at radius 3 is 2.64 bits per heavy atom. The van der Waals surface area contributed by atoms with Gasteiger partial charge in [-0.2, -0.15) is 13.5 Å². The number of hydrogen-bond donors (Lipinski definition) is 1. The van der Waals surface area contributed by atoms with Crippen molar-refractivity contribution in [1.29, 1.82) is 0 Å². The third-order valence-corrected chi connectivity index (χ3v) is 7.46. The van der Waals surface area contributed by atoms with Crippen LogP contribution < -0.4 is 14.5 Å². The highest BCUT2D eigenvalue weighted by Gasteiger charge is 2.32. The first-order valence-electron chi connectivity index (χ1n) is 10.5. The van der Waals surface area contributed by atoms with E-state index < -0.39 is 10.2 Å². The summed E-state index contributed by atoms with van der Waals surface area (Å²) >= 11 is 0. The molecule has 0 bridgehead atoms. The molecule has 0 spiro atoms. The summed E-state index contributed by atoms with van der Waals surface area (Å²) in [6, 6.07) is 10.2. The Labute approximate surface area is 190 Å². The van der Waals surface area contributed by atoms with Crippen LogP contribution in [0.5, 0.6) is 0 Å². The zero-order valence-corrected chi connectivity index (χ0v) is 19.0. The fourth-order valence-corrected chi connectivity index (χ4v) is 5.35. The average molecular weight is 466 g/mol. The van der Waals surface area contributed by atoms with Crippen LogP contribution >= 0.6 is 0 Å². The van der Waals surface area contributed by atoms with Crippen molar-refractivity contribution in [3.8, 4) is 11.1 Å². The molecule has 2 aromatic carbocycles. The predicted molar refractivity (Wildman–Crippen MR) is 127 cm³/mol. The number of nitrogens with zero attached hydrogens (tertiary/aromatic N) is 4. The van der Waals surface area contributed by atoms with Gasteiger partial charge >= 0.3 is 10.2 Å². The van der Waals surface area contributed by atoms with E-state index >= 15 is 0 Å². The normalized spacial score (nSPS) is 16.5. The first kappa shape index (κ1) is 21.5. The molecule has 1 aliphatic rings. The lowest BCUT2D eigenvalue weighted by Crippen LogP contribution is -2.46. The fourth-order valence-electron chi connectivity index (χ4n) is 4.21. The van der Waals surface area contributed by atoms with Crippen LogP contribution in [0.4, 0.5) is 5.69 Å². The van der Waals surface area contributed by atoms with Gasteiger partial charge in [0, 0.05) is 55.0 Å². The molecule has 1 atom stereocenters. The second kappa shape index (κ2) is 8.22. The van der Waals surface area contributed by atoms with Crippen LogP contribution in [-0.4, -0.2) is 49.5 Å². The monoisotopic (exact) mass is 465 g/mol. The Hall–Kier alpha value is -3.34. The standard InChI is InChI=1S/C23H23N5O4S/c1-24-33(30,31)28(19-7-8-32-14-19)18-5-3-15-4-6-22-21(23(29)20(15)10-18)9-16(11-25-22)17-12-26-27(2)13-17/h3-6,9-13,19,24H,7-8,14H2,1-2H3/t19-/m1/s1. The third kappa shape index (κ3) is 3.86. The van der Waals surface area contributed by atoms with Crippen LogP contribution in [0.3, 0.4) is 0 Å². The number of aromatic nitrogens is 3. The smallest absolute Gasteiger partial charge is 0.301 e. The summed E-state index contributed by atoms with van der Waals surface area (Å²) in [5.41, 5.74) is 2.41. The molecule has 0 unspecified atom stereocenters. The maximum Gasteiger partial charge on any atom is 0.301 e. The van der Waals surface area contributed by atoms with Gasteiger partial charge in [-0.05, 0) is 36.1 Å². The molecule has 0 radical (unpaired) electrons. The van der Waals surface area contributed by atoms with E-state index in [-0.39, 0.29) is 11.5 Å². The van der Waals surface area contributed by atoms with Gasteiger partial charge in [0.2, 0.25) is 0 Å². The summed E-state index contributed by atoms with van der Waals surface area (Å²) in [7, 11) is -0.600. The Morgan fingerprint density at radius 2 is 1.94 bits per heavy atom. The van der Waals surface area contributed by atoms with Gasteiger partial charge in [-0.3, -0.25) is 18.8 Å². The molecule has 170 valence electrons. The number of ether oxygens (including phenoxy) is 1. The number of nitrogens with one attached hydrogen (secondary N) is 1. The first-order chi connectivity index (χ1) is 15.9.